The van der Waals surface area contributed by atoms with E-state index in [0.29, 0.717) is 66.1 Å². The van der Waals surface area contributed by atoms with Crippen LogP contribution in [-0.2, 0) is 70.3 Å². The molecule has 0 spiro atoms. The fourth-order valence-electron chi connectivity index (χ4n) is 13.1. The van der Waals surface area contributed by atoms with Crippen LogP contribution in [0, 0.1) is 0 Å². The summed E-state index contributed by atoms with van der Waals surface area (Å²) >= 11 is 8.68. The quantitative estimate of drug-likeness (QED) is 0.0362. The van der Waals surface area contributed by atoms with Crippen LogP contribution in [0.3, 0.4) is 0 Å². The molecule has 0 radical (unpaired) electrons. The summed E-state index contributed by atoms with van der Waals surface area (Å²) in [6.45, 7) is -0.431. The Morgan fingerprint density at radius 3 is 0.991 bits per heavy atom. The first kappa shape index (κ1) is 82.6. The number of esters is 2. The second kappa shape index (κ2) is 36.5. The molecule has 9 aromatic heterocycles. The van der Waals surface area contributed by atoms with Gasteiger partial charge in [0.1, 0.15) is 20.0 Å². The highest BCUT2D eigenvalue weighted by atomic mass is 79.9. The van der Waals surface area contributed by atoms with Crippen LogP contribution in [0.5, 0.6) is 0 Å². The van der Waals surface area contributed by atoms with Gasteiger partial charge in [-0.2, -0.15) is 0 Å². The van der Waals surface area contributed by atoms with Crippen molar-refractivity contribution in [3.05, 3.63) is 150 Å². The predicted molar refractivity (Wildman–Crippen MR) is 408 cm³/mol. The maximum Gasteiger partial charge on any atom is 0.311 e. The third kappa shape index (κ3) is 23.6. The van der Waals surface area contributed by atoms with Gasteiger partial charge in [0.25, 0.3) is 17.8 Å². The molecule has 9 aromatic rings. The largest absolute Gasteiger partial charge is 0.469 e. The Balaban J connectivity index is 0.000000158. The van der Waals surface area contributed by atoms with Crippen molar-refractivity contribution in [3.63, 3.8) is 0 Å². The number of rotatable bonds is 22. The van der Waals surface area contributed by atoms with Crippen molar-refractivity contribution in [2.24, 2.45) is 0 Å². The number of hydrogen-bond donors (Lipinski definition) is 4. The molecule has 12 heterocycles. The number of pyridine rings is 5. The Bertz CT molecular complexity index is 4630. The van der Waals surface area contributed by atoms with Gasteiger partial charge in [-0.1, -0.05) is 64.3 Å². The molecule has 113 heavy (non-hydrogen) atoms. The lowest BCUT2D eigenvalue weighted by molar-refractivity contribution is -0.140. The highest BCUT2D eigenvalue weighted by Crippen LogP contribution is 2.49. The molecule has 6 fully saturated rings. The van der Waals surface area contributed by atoms with Gasteiger partial charge in [-0.15, -0.1) is 40.8 Å². The highest BCUT2D eigenvalue weighted by Gasteiger charge is 2.47. The minimum atomic E-state index is -2.67. The third-order valence-electron chi connectivity index (χ3n) is 18.9. The van der Waals surface area contributed by atoms with E-state index in [2.05, 4.69) is 112 Å². The maximum atomic E-state index is 13.1. The minimum absolute atomic E-state index is 0.0120. The van der Waals surface area contributed by atoms with Gasteiger partial charge < -0.3 is 45.4 Å². The van der Waals surface area contributed by atoms with Crippen molar-refractivity contribution in [2.45, 2.75) is 157 Å². The van der Waals surface area contributed by atoms with Gasteiger partial charge in [-0.05, 0) is 121 Å². The molecule has 598 valence electrons. The summed E-state index contributed by atoms with van der Waals surface area (Å²) in [5, 5.41) is 50.0. The van der Waals surface area contributed by atoms with Gasteiger partial charge >= 0.3 is 11.9 Å². The van der Waals surface area contributed by atoms with E-state index in [0.717, 1.165) is 81.4 Å². The van der Waals surface area contributed by atoms with E-state index >= 15 is 0 Å². The van der Waals surface area contributed by atoms with Gasteiger partial charge in [0.2, 0.25) is 50.1 Å². The molecule has 6 aliphatic rings. The van der Waals surface area contributed by atoms with Crippen molar-refractivity contribution in [2.75, 3.05) is 89.5 Å². The lowest BCUT2D eigenvalue weighted by Crippen LogP contribution is -2.56. The molecule has 0 bridgehead atoms. The molecule has 3 aliphatic carbocycles. The van der Waals surface area contributed by atoms with Gasteiger partial charge in [-0.3, -0.25) is 53.7 Å². The number of hydrogen-bond acceptors (Lipinski definition) is 28. The zero-order chi connectivity index (χ0) is 80.2. The van der Waals surface area contributed by atoms with Crippen LogP contribution in [0.1, 0.15) is 155 Å². The number of carbonyl (C=O) groups excluding carboxylic acids is 6. The van der Waals surface area contributed by atoms with Crippen LogP contribution in [0.15, 0.2) is 96.1 Å². The van der Waals surface area contributed by atoms with E-state index in [-0.39, 0.29) is 149 Å². The van der Waals surface area contributed by atoms with E-state index in [1.807, 2.05) is 6.07 Å². The van der Waals surface area contributed by atoms with Crippen molar-refractivity contribution >= 4 is 134 Å². The molecule has 3 aliphatic heterocycles. The number of alkyl halides is 8. The molecular weight excluding hydrogens is 1630 g/mol. The first-order valence-electron chi connectivity index (χ1n) is 35.7. The smallest absolute Gasteiger partial charge is 0.311 e. The van der Waals surface area contributed by atoms with Crippen LogP contribution in [0.2, 0.25) is 0 Å². The van der Waals surface area contributed by atoms with E-state index in [1.165, 1.54) is 99.8 Å². The van der Waals surface area contributed by atoms with Crippen molar-refractivity contribution < 1.29 is 73.4 Å². The molecule has 41 heteroatoms. The van der Waals surface area contributed by atoms with E-state index in [4.69, 9.17) is 0 Å². The van der Waals surface area contributed by atoms with Crippen molar-refractivity contribution in [3.8, 4) is 0 Å². The molecule has 3 saturated carbocycles. The van der Waals surface area contributed by atoms with Crippen LogP contribution >= 0.6 is 61.3 Å². The highest BCUT2D eigenvalue weighted by molar-refractivity contribution is 9.10. The number of anilines is 7. The number of methoxy groups -OCH3 is 2. The third-order valence-corrected chi connectivity index (χ3v) is 23.4. The van der Waals surface area contributed by atoms with E-state index in [9.17, 15) is 63.9 Å². The molecule has 28 nitrogen and oxygen atoms in total. The fraction of sp³-hybridized carbons (Fsp3) is 0.458. The number of carbonyl (C=O) groups is 6. The monoisotopic (exact) mass is 1710 g/mol. The van der Waals surface area contributed by atoms with Crippen LogP contribution < -0.4 is 36.0 Å². The number of halogens is 9. The summed E-state index contributed by atoms with van der Waals surface area (Å²) in [6.07, 6.45) is 15.3. The molecule has 15 rings (SSSR count). The Hall–Kier alpha value is -9.87. The summed E-state index contributed by atoms with van der Waals surface area (Å²) < 4.78 is 114. The first-order chi connectivity index (χ1) is 53.9. The number of nitrogens with zero attached hydrogens (tertiary/aromatic N) is 16. The minimum Gasteiger partial charge on any atom is -0.469 e. The average molecular weight is 1710 g/mol. The van der Waals surface area contributed by atoms with E-state index < -0.39 is 23.7 Å². The summed E-state index contributed by atoms with van der Waals surface area (Å²) in [7, 11) is 2.67. The Kier molecular flexibility index (Phi) is 26.7. The second-order valence-corrected chi connectivity index (χ2v) is 32.9. The van der Waals surface area contributed by atoms with Gasteiger partial charge in [-0.25, -0.2) is 35.1 Å². The number of ether oxygens (including phenoxy) is 2. The number of aromatic nitrogens is 13. The fourth-order valence-corrected chi connectivity index (χ4v) is 16.9. The van der Waals surface area contributed by atoms with Gasteiger partial charge in [0, 0.05) is 77.4 Å². The summed E-state index contributed by atoms with van der Waals surface area (Å²) in [5.74, 6) is -11.6. The standard InChI is InChI=1S/C30H30F4N10O2S2.C23H25F2N7O2S2.C11H12F2N2O2.C8H8BrNO2/c31-29(32)13-43(14-29)21-6-4-19(35-11-21)9-23(45)37-27-41-39-25(47-27)17-2-1-3-18(8-17)26-40-42-28(48-26)38-24(46)10-20-5-7-22(12-36-20)44-15-30(33,34)16-44;1-12(33)27-21-31-29-19(35-21)13-3-2-4-14(7-13)20-30-32-22(36-20)28-18(34)8-17-6-5-15(11-26-17)16-9-23(24,25)10-16;1-17-10(16)4-8-2-3-9(5-14-8)15-6-11(12,13)7-15;1-12-8(11)4-7-3-2-6(9)5-10-7/h4-7,11-12,17-18H,1-3,8-10,13-16H2,(H,37,41,45)(H,38,42,46);5-6,11,13-14,16H,2-4,7-10H2,1H3,(H,27,31,33)(H,28,32,34);2-3,5H,4,6-7H2,1H3;2-3,5H,4H2,1H3/t17-,18-;13-,14-;;/m00../s1. The van der Waals surface area contributed by atoms with Gasteiger partial charge in [0.15, 0.2) is 0 Å². The number of nitrogens with one attached hydrogen (secondary N) is 4. The topological polar surface area (TPSA) is 346 Å². The summed E-state index contributed by atoms with van der Waals surface area (Å²) in [6, 6.07) is 17.1. The Morgan fingerprint density at radius 2 is 0.717 bits per heavy atom. The molecule has 4 N–H and O–H groups in total. The zero-order valence-corrected chi connectivity index (χ0v) is 65.7. The Labute approximate surface area is 665 Å². The summed E-state index contributed by atoms with van der Waals surface area (Å²) in [4.78, 5) is 96.2. The van der Waals surface area contributed by atoms with Crippen LogP contribution in [-0.4, -0.2) is 178 Å². The average Bonchev–Trinajstić information content (AvgIpc) is 1.64. The van der Waals surface area contributed by atoms with Crippen molar-refractivity contribution in [1.82, 2.24) is 65.7 Å². The SMILES string of the molecule is CC(=O)Nc1nnc([C@H]2CCC[C@H](c3nnc(NC(=O)Cc4ccc(C5CC(F)(F)C5)cn4)s3)C2)s1.COC(=O)Cc1ccc(Br)cn1.COC(=O)Cc1ccc(N2CC(F)(F)C2)cn1.O=C(Cc1ccc(N2CC(F)(F)C2)cn1)Nc1nnc([C@H]2CCC[C@H](c3nnc(NC(=O)Cc4ccc(N5CC(F)(F)C5)cn4)s3)C2)s1. The predicted octanol–water partition coefficient (Wildman–Crippen LogP) is 12.6. The zero-order valence-electron chi connectivity index (χ0n) is 60.9. The number of amides is 4. The van der Waals surface area contributed by atoms with Gasteiger partial charge in [0.05, 0.1) is 133 Å². The summed E-state index contributed by atoms with van der Waals surface area (Å²) in [5.41, 5.74) is 5.49. The molecule has 4 amide bonds. The van der Waals surface area contributed by atoms with Crippen LogP contribution in [0.4, 0.5) is 72.7 Å². The lowest BCUT2D eigenvalue weighted by atomic mass is 9.77. The lowest BCUT2D eigenvalue weighted by Gasteiger charge is -2.40. The normalized spacial score (nSPS) is 19.5. The molecule has 3 saturated heterocycles. The second-order valence-electron chi connectivity index (χ2n) is 27.9. The molecule has 4 atom stereocenters. The first-order valence-corrected chi connectivity index (χ1v) is 39.8. The molecule has 0 aromatic carbocycles. The van der Waals surface area contributed by atoms with Crippen LogP contribution in [0.25, 0.3) is 0 Å². The molecular formula is C72H75BrF8N20O8S4. The molecule has 0 unspecified atom stereocenters. The maximum absolute atomic E-state index is 13.1. The van der Waals surface area contributed by atoms with Crippen molar-refractivity contribution in [1.29, 1.82) is 0 Å². The van der Waals surface area contributed by atoms with E-state index in [1.54, 1.807) is 67.0 Å². The Morgan fingerprint density at radius 1 is 0.407 bits per heavy atom.